The molecule has 3 atom stereocenters. The van der Waals surface area contributed by atoms with E-state index in [2.05, 4.69) is 46.6 Å². The molecule has 2 aromatic rings. The van der Waals surface area contributed by atoms with E-state index in [9.17, 15) is 0 Å². The van der Waals surface area contributed by atoms with Crippen molar-refractivity contribution in [3.63, 3.8) is 0 Å². The number of hydrogen-bond acceptors (Lipinski definition) is 5. The van der Waals surface area contributed by atoms with Gasteiger partial charge in [0.1, 0.15) is 5.82 Å². The molecule has 1 aromatic carbocycles. The minimum atomic E-state index is 0.153. The fourth-order valence-electron chi connectivity index (χ4n) is 3.14. The lowest BCUT2D eigenvalue weighted by atomic mass is 9.83. The van der Waals surface area contributed by atoms with Crippen LogP contribution in [0.1, 0.15) is 31.7 Å². The zero-order valence-electron chi connectivity index (χ0n) is 13.8. The van der Waals surface area contributed by atoms with Crippen molar-refractivity contribution < 1.29 is 0 Å². The summed E-state index contributed by atoms with van der Waals surface area (Å²) < 4.78 is 0. The van der Waals surface area contributed by atoms with Crippen LogP contribution in [0.25, 0.3) is 0 Å². The lowest BCUT2D eigenvalue weighted by Gasteiger charge is -2.34. The maximum atomic E-state index is 6.31. The van der Waals surface area contributed by atoms with Gasteiger partial charge in [0.2, 0.25) is 5.95 Å². The molecule has 1 fully saturated rings. The van der Waals surface area contributed by atoms with Crippen molar-refractivity contribution in [3.8, 4) is 0 Å². The topological polar surface area (TPSA) is 75.9 Å². The molecule has 0 spiro atoms. The van der Waals surface area contributed by atoms with Crippen molar-refractivity contribution in [2.45, 2.75) is 45.2 Å². The number of rotatable bonds is 4. The first kappa shape index (κ1) is 15.7. The number of aryl methyl sites for hydroxylation is 1. The van der Waals surface area contributed by atoms with Gasteiger partial charge in [-0.05, 0) is 49.4 Å². The highest BCUT2D eigenvalue weighted by Gasteiger charge is 2.27. The van der Waals surface area contributed by atoms with Gasteiger partial charge in [-0.2, -0.15) is 4.98 Å². The molecule has 1 heterocycles. The molecule has 1 aromatic heterocycles. The van der Waals surface area contributed by atoms with E-state index < -0.39 is 0 Å². The quantitative estimate of drug-likeness (QED) is 0.806. The lowest BCUT2D eigenvalue weighted by molar-refractivity contribution is 0.305. The number of anilines is 3. The molecule has 23 heavy (non-hydrogen) atoms. The van der Waals surface area contributed by atoms with Crippen LogP contribution >= 0.6 is 0 Å². The molecule has 0 aliphatic heterocycles. The first-order chi connectivity index (χ1) is 11.1. The van der Waals surface area contributed by atoms with Crippen molar-refractivity contribution in [2.75, 3.05) is 10.6 Å². The summed E-state index contributed by atoms with van der Waals surface area (Å²) in [6.07, 6.45) is 5.25. The standard InChI is InChI=1S/C18H25N5/c1-12-5-3-7-14(11-12)21-16-9-10-20-18(23-16)22-15-8-4-6-13(2)17(15)19/h3,5,7,9-11,13,15,17H,4,6,8,19H2,1-2H3,(H2,20,21,22,23). The number of nitrogens with zero attached hydrogens (tertiary/aromatic N) is 2. The molecule has 0 bridgehead atoms. The van der Waals surface area contributed by atoms with Crippen LogP contribution in [0.3, 0.4) is 0 Å². The van der Waals surface area contributed by atoms with Crippen LogP contribution in [0, 0.1) is 12.8 Å². The van der Waals surface area contributed by atoms with Gasteiger partial charge in [0.25, 0.3) is 0 Å². The lowest BCUT2D eigenvalue weighted by Crippen LogP contribution is -2.47. The van der Waals surface area contributed by atoms with E-state index in [0.717, 1.165) is 17.9 Å². The zero-order valence-corrected chi connectivity index (χ0v) is 13.8. The molecular formula is C18H25N5. The van der Waals surface area contributed by atoms with Gasteiger partial charge in [0.15, 0.2) is 0 Å². The minimum absolute atomic E-state index is 0.153. The smallest absolute Gasteiger partial charge is 0.224 e. The van der Waals surface area contributed by atoms with Gasteiger partial charge < -0.3 is 16.4 Å². The van der Waals surface area contributed by atoms with Crippen LogP contribution in [-0.4, -0.2) is 22.1 Å². The van der Waals surface area contributed by atoms with E-state index in [1.807, 2.05) is 18.2 Å². The molecule has 0 radical (unpaired) electrons. The van der Waals surface area contributed by atoms with Crippen LogP contribution < -0.4 is 16.4 Å². The summed E-state index contributed by atoms with van der Waals surface area (Å²) in [7, 11) is 0. The Balaban J connectivity index is 1.70. The monoisotopic (exact) mass is 311 g/mol. The second-order valence-corrected chi connectivity index (χ2v) is 6.50. The Bertz CT molecular complexity index is 657. The third-order valence-corrected chi connectivity index (χ3v) is 4.56. The summed E-state index contributed by atoms with van der Waals surface area (Å²) in [6.45, 7) is 4.29. The fourth-order valence-corrected chi connectivity index (χ4v) is 3.14. The van der Waals surface area contributed by atoms with Crippen molar-refractivity contribution in [2.24, 2.45) is 11.7 Å². The Kier molecular flexibility index (Phi) is 4.76. The number of aromatic nitrogens is 2. The first-order valence-corrected chi connectivity index (χ1v) is 8.30. The summed E-state index contributed by atoms with van der Waals surface area (Å²) in [5, 5.41) is 6.73. The number of benzene rings is 1. The van der Waals surface area contributed by atoms with Gasteiger partial charge in [-0.3, -0.25) is 0 Å². The Morgan fingerprint density at radius 1 is 1.22 bits per heavy atom. The Morgan fingerprint density at radius 3 is 2.91 bits per heavy atom. The summed E-state index contributed by atoms with van der Waals surface area (Å²) in [5.41, 5.74) is 8.55. The van der Waals surface area contributed by atoms with Crippen LogP contribution in [0.2, 0.25) is 0 Å². The molecule has 5 heteroatoms. The van der Waals surface area contributed by atoms with Crippen LogP contribution in [0.15, 0.2) is 36.5 Å². The molecule has 0 amide bonds. The Hall–Kier alpha value is -2.14. The maximum Gasteiger partial charge on any atom is 0.224 e. The molecule has 3 rings (SSSR count). The van der Waals surface area contributed by atoms with E-state index >= 15 is 0 Å². The highest BCUT2D eigenvalue weighted by molar-refractivity contribution is 5.57. The van der Waals surface area contributed by atoms with Crippen LogP contribution in [-0.2, 0) is 0 Å². The third-order valence-electron chi connectivity index (χ3n) is 4.56. The average Bonchev–Trinajstić information content (AvgIpc) is 2.52. The second kappa shape index (κ2) is 6.96. The van der Waals surface area contributed by atoms with E-state index in [1.165, 1.54) is 18.4 Å². The van der Waals surface area contributed by atoms with Gasteiger partial charge in [0.05, 0.1) is 0 Å². The predicted octanol–water partition coefficient (Wildman–Crippen LogP) is 3.46. The number of nitrogens with one attached hydrogen (secondary N) is 2. The third kappa shape index (κ3) is 3.99. The second-order valence-electron chi connectivity index (χ2n) is 6.50. The zero-order chi connectivity index (χ0) is 16.2. The molecule has 1 aliphatic rings. The summed E-state index contributed by atoms with van der Waals surface area (Å²) in [6, 6.07) is 10.5. The van der Waals surface area contributed by atoms with E-state index in [-0.39, 0.29) is 12.1 Å². The Labute approximate surface area is 137 Å². The Morgan fingerprint density at radius 2 is 2.09 bits per heavy atom. The fraction of sp³-hybridized carbons (Fsp3) is 0.444. The maximum absolute atomic E-state index is 6.31. The van der Waals surface area contributed by atoms with Gasteiger partial charge >= 0.3 is 0 Å². The summed E-state index contributed by atoms with van der Waals surface area (Å²) >= 11 is 0. The van der Waals surface area contributed by atoms with Gasteiger partial charge in [-0.15, -0.1) is 0 Å². The SMILES string of the molecule is Cc1cccc(Nc2ccnc(NC3CCCC(C)C3N)n2)c1. The molecule has 3 unspecified atom stereocenters. The molecule has 122 valence electrons. The molecular weight excluding hydrogens is 286 g/mol. The van der Waals surface area contributed by atoms with Gasteiger partial charge in [-0.1, -0.05) is 25.5 Å². The molecule has 1 saturated carbocycles. The highest BCUT2D eigenvalue weighted by atomic mass is 15.2. The highest BCUT2D eigenvalue weighted by Crippen LogP contribution is 2.25. The van der Waals surface area contributed by atoms with Crippen molar-refractivity contribution >= 4 is 17.5 Å². The van der Waals surface area contributed by atoms with E-state index in [1.54, 1.807) is 6.20 Å². The summed E-state index contributed by atoms with van der Waals surface area (Å²) in [5.74, 6) is 1.96. The van der Waals surface area contributed by atoms with Gasteiger partial charge in [0, 0.05) is 24.0 Å². The predicted molar refractivity (Wildman–Crippen MR) is 94.9 cm³/mol. The molecule has 1 aliphatic carbocycles. The van der Waals surface area contributed by atoms with Crippen molar-refractivity contribution in [1.82, 2.24) is 9.97 Å². The normalized spacial score (nSPS) is 24.2. The summed E-state index contributed by atoms with van der Waals surface area (Å²) in [4.78, 5) is 8.90. The molecule has 4 N–H and O–H groups in total. The van der Waals surface area contributed by atoms with E-state index in [4.69, 9.17) is 5.73 Å². The van der Waals surface area contributed by atoms with Crippen LogP contribution in [0.4, 0.5) is 17.5 Å². The first-order valence-electron chi connectivity index (χ1n) is 8.30. The van der Waals surface area contributed by atoms with Crippen molar-refractivity contribution in [3.05, 3.63) is 42.1 Å². The number of nitrogens with two attached hydrogens (primary N) is 1. The average molecular weight is 311 g/mol. The minimum Gasteiger partial charge on any atom is -0.350 e. The number of hydrogen-bond donors (Lipinski definition) is 3. The molecule has 0 saturated heterocycles. The largest absolute Gasteiger partial charge is 0.350 e. The van der Waals surface area contributed by atoms with Gasteiger partial charge in [-0.25, -0.2) is 4.98 Å². The van der Waals surface area contributed by atoms with E-state index in [0.29, 0.717) is 11.9 Å². The van der Waals surface area contributed by atoms with Crippen molar-refractivity contribution in [1.29, 1.82) is 0 Å². The van der Waals surface area contributed by atoms with Crippen LogP contribution in [0.5, 0.6) is 0 Å². The molecule has 5 nitrogen and oxygen atoms in total.